The van der Waals surface area contributed by atoms with Gasteiger partial charge in [0.25, 0.3) is 0 Å². The Bertz CT molecular complexity index is 380. The number of halogens is 1. The molecule has 0 aromatic carbocycles. The van der Waals surface area contributed by atoms with Crippen LogP contribution in [0.2, 0.25) is 0 Å². The SMILES string of the molecule is NNc1ncnc(NCCN2CCCCC2)c1Br. The molecule has 2 rings (SSSR count). The summed E-state index contributed by atoms with van der Waals surface area (Å²) in [5.41, 5.74) is 2.53. The van der Waals surface area contributed by atoms with E-state index in [2.05, 4.69) is 41.5 Å². The molecule has 0 saturated carbocycles. The monoisotopic (exact) mass is 314 g/mol. The predicted octanol–water partition coefficient (Wildman–Crippen LogP) is 1.42. The number of hydrogen-bond donors (Lipinski definition) is 3. The number of nitrogens with zero attached hydrogens (tertiary/aromatic N) is 3. The van der Waals surface area contributed by atoms with Crippen molar-refractivity contribution in [3.8, 4) is 0 Å². The Morgan fingerprint density at radius 3 is 2.67 bits per heavy atom. The summed E-state index contributed by atoms with van der Waals surface area (Å²) < 4.78 is 0.770. The van der Waals surface area contributed by atoms with Gasteiger partial charge in [-0.05, 0) is 41.9 Å². The Morgan fingerprint density at radius 2 is 1.94 bits per heavy atom. The number of likely N-dealkylation sites (tertiary alicyclic amines) is 1. The van der Waals surface area contributed by atoms with E-state index < -0.39 is 0 Å². The molecule has 0 unspecified atom stereocenters. The van der Waals surface area contributed by atoms with E-state index in [-0.39, 0.29) is 0 Å². The molecule has 18 heavy (non-hydrogen) atoms. The van der Waals surface area contributed by atoms with Gasteiger partial charge in [-0.3, -0.25) is 0 Å². The first-order chi connectivity index (χ1) is 8.81. The average Bonchev–Trinajstić information content (AvgIpc) is 2.42. The van der Waals surface area contributed by atoms with E-state index in [4.69, 9.17) is 5.84 Å². The van der Waals surface area contributed by atoms with Gasteiger partial charge in [0, 0.05) is 13.1 Å². The topological polar surface area (TPSA) is 79.1 Å². The summed E-state index contributed by atoms with van der Waals surface area (Å²) in [6.07, 6.45) is 5.49. The van der Waals surface area contributed by atoms with Gasteiger partial charge in [-0.2, -0.15) is 0 Å². The van der Waals surface area contributed by atoms with Crippen molar-refractivity contribution in [2.45, 2.75) is 19.3 Å². The summed E-state index contributed by atoms with van der Waals surface area (Å²) in [6, 6.07) is 0. The maximum atomic E-state index is 5.36. The van der Waals surface area contributed by atoms with E-state index in [1.54, 1.807) is 0 Å². The molecule has 0 spiro atoms. The molecule has 100 valence electrons. The first kappa shape index (κ1) is 13.5. The molecule has 0 bridgehead atoms. The fourth-order valence-corrected chi connectivity index (χ4v) is 2.57. The fraction of sp³-hybridized carbons (Fsp3) is 0.636. The Morgan fingerprint density at radius 1 is 1.22 bits per heavy atom. The highest BCUT2D eigenvalue weighted by Crippen LogP contribution is 2.25. The normalized spacial score (nSPS) is 16.6. The lowest BCUT2D eigenvalue weighted by Gasteiger charge is -2.26. The van der Waals surface area contributed by atoms with Crippen molar-refractivity contribution in [1.82, 2.24) is 14.9 Å². The number of hydrazine groups is 1. The standard InChI is InChI=1S/C11H19BrN6/c12-9-10(15-8-16-11(9)17-13)14-4-7-18-5-2-1-3-6-18/h8H,1-7,13H2,(H2,14,15,16,17). The van der Waals surface area contributed by atoms with E-state index in [0.29, 0.717) is 5.82 Å². The van der Waals surface area contributed by atoms with E-state index >= 15 is 0 Å². The first-order valence-corrected chi connectivity index (χ1v) is 7.04. The van der Waals surface area contributed by atoms with Crippen LogP contribution in [0.25, 0.3) is 0 Å². The van der Waals surface area contributed by atoms with Crippen molar-refractivity contribution in [2.24, 2.45) is 5.84 Å². The zero-order valence-corrected chi connectivity index (χ0v) is 11.9. The number of nitrogens with one attached hydrogen (secondary N) is 2. The number of rotatable bonds is 5. The van der Waals surface area contributed by atoms with Crippen molar-refractivity contribution >= 4 is 27.6 Å². The van der Waals surface area contributed by atoms with Crippen molar-refractivity contribution in [3.63, 3.8) is 0 Å². The lowest BCUT2D eigenvalue weighted by Crippen LogP contribution is -2.33. The van der Waals surface area contributed by atoms with Crippen LogP contribution in [-0.4, -0.2) is 41.0 Å². The summed E-state index contributed by atoms with van der Waals surface area (Å²) in [6.45, 7) is 4.34. The zero-order chi connectivity index (χ0) is 12.8. The Labute approximate surface area is 115 Å². The Balaban J connectivity index is 1.82. The molecular weight excluding hydrogens is 296 g/mol. The van der Waals surface area contributed by atoms with Crippen molar-refractivity contribution in [3.05, 3.63) is 10.8 Å². The highest BCUT2D eigenvalue weighted by Gasteiger charge is 2.10. The molecule has 4 N–H and O–H groups in total. The van der Waals surface area contributed by atoms with Gasteiger partial charge in [0.2, 0.25) is 0 Å². The number of hydrogen-bond acceptors (Lipinski definition) is 6. The summed E-state index contributed by atoms with van der Waals surface area (Å²) >= 11 is 3.42. The van der Waals surface area contributed by atoms with Crippen LogP contribution in [0, 0.1) is 0 Å². The van der Waals surface area contributed by atoms with Gasteiger partial charge < -0.3 is 15.6 Å². The minimum absolute atomic E-state index is 0.588. The number of anilines is 2. The molecule has 0 atom stereocenters. The lowest BCUT2D eigenvalue weighted by atomic mass is 10.1. The van der Waals surface area contributed by atoms with Gasteiger partial charge >= 0.3 is 0 Å². The molecule has 1 aliphatic rings. The number of nitrogens with two attached hydrogens (primary N) is 1. The third kappa shape index (κ3) is 3.54. The molecule has 1 aliphatic heterocycles. The van der Waals surface area contributed by atoms with Crippen LogP contribution < -0.4 is 16.6 Å². The van der Waals surface area contributed by atoms with E-state index in [0.717, 1.165) is 23.4 Å². The van der Waals surface area contributed by atoms with Crippen molar-refractivity contribution in [1.29, 1.82) is 0 Å². The van der Waals surface area contributed by atoms with Gasteiger partial charge in [0.05, 0.1) is 0 Å². The second-order valence-electron chi connectivity index (χ2n) is 4.36. The van der Waals surface area contributed by atoms with Gasteiger partial charge in [0.15, 0.2) is 5.82 Å². The van der Waals surface area contributed by atoms with Gasteiger partial charge in [0.1, 0.15) is 16.6 Å². The molecule has 0 aliphatic carbocycles. The van der Waals surface area contributed by atoms with Gasteiger partial charge in [-0.15, -0.1) is 0 Å². The largest absolute Gasteiger partial charge is 0.368 e. The molecule has 1 saturated heterocycles. The van der Waals surface area contributed by atoms with Crippen LogP contribution in [0.5, 0.6) is 0 Å². The second kappa shape index (κ2) is 6.86. The highest BCUT2D eigenvalue weighted by molar-refractivity contribution is 9.10. The average molecular weight is 315 g/mol. The summed E-state index contributed by atoms with van der Waals surface area (Å²) in [5, 5.41) is 3.30. The van der Waals surface area contributed by atoms with E-state index in [1.807, 2.05) is 0 Å². The molecule has 1 aromatic heterocycles. The summed E-state index contributed by atoms with van der Waals surface area (Å²) in [4.78, 5) is 10.7. The first-order valence-electron chi connectivity index (χ1n) is 6.24. The summed E-state index contributed by atoms with van der Waals surface area (Å²) in [7, 11) is 0. The predicted molar refractivity (Wildman–Crippen MR) is 76.3 cm³/mol. The van der Waals surface area contributed by atoms with Crippen LogP contribution in [-0.2, 0) is 0 Å². The highest BCUT2D eigenvalue weighted by atomic mass is 79.9. The van der Waals surface area contributed by atoms with Crippen molar-refractivity contribution in [2.75, 3.05) is 36.9 Å². The molecule has 2 heterocycles. The van der Waals surface area contributed by atoms with Crippen LogP contribution in [0.4, 0.5) is 11.6 Å². The van der Waals surface area contributed by atoms with Gasteiger partial charge in [-0.25, -0.2) is 15.8 Å². The van der Waals surface area contributed by atoms with E-state index in [9.17, 15) is 0 Å². The summed E-state index contributed by atoms with van der Waals surface area (Å²) in [5.74, 6) is 6.72. The van der Waals surface area contributed by atoms with Gasteiger partial charge in [-0.1, -0.05) is 6.42 Å². The Hall–Kier alpha value is -0.920. The quantitative estimate of drug-likeness (QED) is 0.563. The maximum absolute atomic E-state index is 5.36. The number of nitrogen functional groups attached to an aromatic ring is 1. The number of aromatic nitrogens is 2. The minimum Gasteiger partial charge on any atom is -0.368 e. The van der Waals surface area contributed by atoms with Crippen LogP contribution >= 0.6 is 15.9 Å². The minimum atomic E-state index is 0.588. The van der Waals surface area contributed by atoms with Crippen LogP contribution in [0.15, 0.2) is 10.8 Å². The fourth-order valence-electron chi connectivity index (χ4n) is 2.11. The lowest BCUT2D eigenvalue weighted by molar-refractivity contribution is 0.237. The molecule has 1 aromatic rings. The third-order valence-electron chi connectivity index (χ3n) is 3.10. The van der Waals surface area contributed by atoms with E-state index in [1.165, 1.54) is 38.7 Å². The third-order valence-corrected chi connectivity index (χ3v) is 3.85. The maximum Gasteiger partial charge on any atom is 0.159 e. The molecule has 0 amide bonds. The molecule has 0 radical (unpaired) electrons. The smallest absolute Gasteiger partial charge is 0.159 e. The molecular formula is C11H19BrN6. The molecule has 1 fully saturated rings. The zero-order valence-electron chi connectivity index (χ0n) is 10.3. The second-order valence-corrected chi connectivity index (χ2v) is 5.15. The van der Waals surface area contributed by atoms with Crippen LogP contribution in [0.1, 0.15) is 19.3 Å². The Kier molecular flexibility index (Phi) is 5.15. The van der Waals surface area contributed by atoms with Crippen molar-refractivity contribution < 1.29 is 0 Å². The molecule has 6 nitrogen and oxygen atoms in total. The molecule has 7 heteroatoms. The number of piperidine rings is 1. The van der Waals surface area contributed by atoms with Crippen LogP contribution in [0.3, 0.4) is 0 Å².